The number of amides is 1. The van der Waals surface area contributed by atoms with Crippen molar-refractivity contribution >= 4 is 23.2 Å². The fourth-order valence-corrected chi connectivity index (χ4v) is 3.64. The Hall–Kier alpha value is -2.28. The van der Waals surface area contributed by atoms with Gasteiger partial charge in [-0.1, -0.05) is 6.07 Å². The van der Waals surface area contributed by atoms with Crippen molar-refractivity contribution in [2.24, 2.45) is 0 Å². The molecule has 0 unspecified atom stereocenters. The largest absolute Gasteiger partial charge is 0.478 e. The molecule has 1 amide bonds. The Morgan fingerprint density at radius 2 is 2.13 bits per heavy atom. The van der Waals surface area contributed by atoms with Crippen molar-refractivity contribution in [2.75, 3.05) is 6.54 Å². The Morgan fingerprint density at radius 1 is 1.39 bits per heavy atom. The van der Waals surface area contributed by atoms with Gasteiger partial charge >= 0.3 is 5.97 Å². The molecular formula is C16H15FN2O3S. The third-order valence-corrected chi connectivity index (χ3v) is 4.85. The molecule has 1 aliphatic rings. The number of carbonyl (C=O) groups excluding carboxylic acids is 1. The summed E-state index contributed by atoms with van der Waals surface area (Å²) in [5, 5.41) is 11.6. The topological polar surface area (TPSA) is 70.5 Å². The van der Waals surface area contributed by atoms with E-state index in [0.717, 1.165) is 5.69 Å². The molecule has 120 valence electrons. The average molecular weight is 334 g/mol. The van der Waals surface area contributed by atoms with Gasteiger partial charge in [0.15, 0.2) is 0 Å². The average Bonchev–Trinajstić information content (AvgIpc) is 3.12. The Labute approximate surface area is 136 Å². The van der Waals surface area contributed by atoms with E-state index in [-0.39, 0.29) is 30.0 Å². The molecule has 1 fully saturated rings. The van der Waals surface area contributed by atoms with Gasteiger partial charge in [-0.05, 0) is 25.1 Å². The summed E-state index contributed by atoms with van der Waals surface area (Å²) < 4.78 is 13.9. The zero-order chi connectivity index (χ0) is 16.6. The number of likely N-dealkylation sites (tertiary alicyclic amines) is 1. The number of aromatic carboxylic acids is 1. The van der Waals surface area contributed by atoms with Gasteiger partial charge in [-0.15, -0.1) is 11.3 Å². The quantitative estimate of drug-likeness (QED) is 0.936. The molecular weight excluding hydrogens is 319 g/mol. The lowest BCUT2D eigenvalue weighted by molar-refractivity contribution is 0.0697. The maximum Gasteiger partial charge on any atom is 0.335 e. The van der Waals surface area contributed by atoms with Gasteiger partial charge in [0.2, 0.25) is 0 Å². The summed E-state index contributed by atoms with van der Waals surface area (Å²) in [5.74, 6) is -1.47. The van der Waals surface area contributed by atoms with Crippen LogP contribution in [0.4, 0.5) is 4.39 Å². The highest BCUT2D eigenvalue weighted by Crippen LogP contribution is 2.36. The number of nitrogens with zero attached hydrogens (tertiary/aromatic N) is 2. The summed E-state index contributed by atoms with van der Waals surface area (Å²) in [5.41, 5.74) is 1.12. The lowest BCUT2D eigenvalue weighted by Crippen LogP contribution is -2.31. The van der Waals surface area contributed by atoms with E-state index >= 15 is 0 Å². The van der Waals surface area contributed by atoms with Crippen LogP contribution >= 0.6 is 11.3 Å². The molecule has 1 aliphatic heterocycles. The normalized spacial score (nSPS) is 20.7. The van der Waals surface area contributed by atoms with Gasteiger partial charge in [0.1, 0.15) is 11.2 Å². The molecule has 0 spiro atoms. The molecule has 0 bridgehead atoms. The number of alkyl halides is 1. The highest BCUT2D eigenvalue weighted by molar-refractivity contribution is 7.09. The molecule has 1 saturated heterocycles. The van der Waals surface area contributed by atoms with Crippen molar-refractivity contribution in [3.63, 3.8) is 0 Å². The van der Waals surface area contributed by atoms with Gasteiger partial charge in [0, 0.05) is 23.1 Å². The molecule has 1 aromatic carbocycles. The van der Waals surface area contributed by atoms with E-state index in [0.29, 0.717) is 5.01 Å². The van der Waals surface area contributed by atoms with Crippen LogP contribution < -0.4 is 0 Å². The van der Waals surface area contributed by atoms with E-state index in [2.05, 4.69) is 4.98 Å². The number of thiazole rings is 1. The summed E-state index contributed by atoms with van der Waals surface area (Å²) in [7, 11) is 0. The number of aryl methyl sites for hydroxylation is 1. The standard InChI is InChI=1S/C16H15FN2O3S/c1-9-8-23-14(18-9)13-6-12(17)7-19(13)15(20)10-3-2-4-11(5-10)16(21)22/h2-5,8,12-13H,6-7H2,1H3,(H,21,22)/t12-,13+/m0/s1. The molecule has 0 saturated carbocycles. The minimum absolute atomic E-state index is 0.000569. The number of aromatic nitrogens is 1. The number of carbonyl (C=O) groups is 2. The maximum atomic E-state index is 13.9. The van der Waals surface area contributed by atoms with Crippen LogP contribution in [0.1, 0.15) is 43.9 Å². The van der Waals surface area contributed by atoms with Crippen LogP contribution in [0.15, 0.2) is 29.6 Å². The molecule has 1 aromatic heterocycles. The van der Waals surface area contributed by atoms with Crippen molar-refractivity contribution in [3.8, 4) is 0 Å². The molecule has 7 heteroatoms. The molecule has 23 heavy (non-hydrogen) atoms. The molecule has 5 nitrogen and oxygen atoms in total. The lowest BCUT2D eigenvalue weighted by atomic mass is 10.1. The highest BCUT2D eigenvalue weighted by Gasteiger charge is 2.38. The lowest BCUT2D eigenvalue weighted by Gasteiger charge is -2.23. The predicted molar refractivity (Wildman–Crippen MR) is 83.5 cm³/mol. The van der Waals surface area contributed by atoms with E-state index in [1.807, 2.05) is 12.3 Å². The van der Waals surface area contributed by atoms with Gasteiger partial charge in [-0.25, -0.2) is 14.2 Å². The number of carboxylic acids is 1. The molecule has 0 aliphatic carbocycles. The van der Waals surface area contributed by atoms with Crippen molar-refractivity contribution in [1.29, 1.82) is 0 Å². The molecule has 0 radical (unpaired) electrons. The predicted octanol–water partition coefficient (Wildman–Crippen LogP) is 3.08. The fraction of sp³-hybridized carbons (Fsp3) is 0.312. The Kier molecular flexibility index (Phi) is 4.12. The van der Waals surface area contributed by atoms with E-state index in [9.17, 15) is 14.0 Å². The number of hydrogen-bond donors (Lipinski definition) is 1. The van der Waals surface area contributed by atoms with Gasteiger partial charge in [0.25, 0.3) is 5.91 Å². The minimum atomic E-state index is -1.10. The summed E-state index contributed by atoms with van der Waals surface area (Å²) in [4.78, 5) is 29.6. The van der Waals surface area contributed by atoms with Gasteiger partial charge in [-0.3, -0.25) is 4.79 Å². The summed E-state index contributed by atoms with van der Waals surface area (Å²) in [6.45, 7) is 1.85. The van der Waals surface area contributed by atoms with Gasteiger partial charge < -0.3 is 10.0 Å². The van der Waals surface area contributed by atoms with Gasteiger partial charge in [0.05, 0.1) is 18.2 Å². The fourth-order valence-electron chi connectivity index (χ4n) is 2.72. The summed E-state index contributed by atoms with van der Waals surface area (Å²) in [6.07, 6.45) is -0.882. The number of benzene rings is 1. The second kappa shape index (κ2) is 6.08. The number of halogens is 1. The second-order valence-electron chi connectivity index (χ2n) is 5.52. The Balaban J connectivity index is 1.90. The van der Waals surface area contributed by atoms with Crippen LogP contribution in [0.3, 0.4) is 0 Å². The highest BCUT2D eigenvalue weighted by atomic mass is 32.1. The maximum absolute atomic E-state index is 13.9. The van der Waals surface area contributed by atoms with Crippen LogP contribution in [-0.4, -0.2) is 39.6 Å². The molecule has 2 aromatic rings. The van der Waals surface area contributed by atoms with Crippen molar-refractivity contribution in [2.45, 2.75) is 25.6 Å². The summed E-state index contributed by atoms with van der Waals surface area (Å²) in [6, 6.07) is 5.40. The van der Waals surface area contributed by atoms with Crippen molar-refractivity contribution < 1.29 is 19.1 Å². The van der Waals surface area contributed by atoms with Crippen LogP contribution in [-0.2, 0) is 0 Å². The number of rotatable bonds is 3. The molecule has 1 N–H and O–H groups in total. The smallest absolute Gasteiger partial charge is 0.335 e. The first-order chi connectivity index (χ1) is 11.0. The number of hydrogen-bond acceptors (Lipinski definition) is 4. The van der Waals surface area contributed by atoms with Crippen molar-refractivity contribution in [1.82, 2.24) is 9.88 Å². The number of carboxylic acid groups (broad SMARTS) is 1. The third kappa shape index (κ3) is 3.10. The van der Waals surface area contributed by atoms with Crippen molar-refractivity contribution in [3.05, 3.63) is 51.5 Å². The van der Waals surface area contributed by atoms with E-state index in [4.69, 9.17) is 5.11 Å². The first-order valence-corrected chi connectivity index (χ1v) is 8.04. The monoisotopic (exact) mass is 334 g/mol. The minimum Gasteiger partial charge on any atom is -0.478 e. The first-order valence-electron chi connectivity index (χ1n) is 7.16. The van der Waals surface area contributed by atoms with Crippen LogP contribution in [0, 0.1) is 6.92 Å². The zero-order valence-corrected chi connectivity index (χ0v) is 13.2. The van der Waals surface area contributed by atoms with Gasteiger partial charge in [-0.2, -0.15) is 0 Å². The van der Waals surface area contributed by atoms with Crippen LogP contribution in [0.5, 0.6) is 0 Å². The van der Waals surface area contributed by atoms with E-state index < -0.39 is 18.2 Å². The Morgan fingerprint density at radius 3 is 2.78 bits per heavy atom. The van der Waals surface area contributed by atoms with E-state index in [1.165, 1.54) is 34.4 Å². The van der Waals surface area contributed by atoms with Crippen LogP contribution in [0.2, 0.25) is 0 Å². The Bertz CT molecular complexity index is 761. The zero-order valence-electron chi connectivity index (χ0n) is 12.4. The molecule has 2 heterocycles. The second-order valence-corrected chi connectivity index (χ2v) is 6.41. The SMILES string of the molecule is Cc1csc([C@H]2C[C@H](F)CN2C(=O)c2cccc(C(=O)O)c2)n1. The molecule has 2 atom stereocenters. The summed E-state index contributed by atoms with van der Waals surface area (Å²) >= 11 is 1.41. The molecule has 3 rings (SSSR count). The first kappa shape index (κ1) is 15.6. The van der Waals surface area contributed by atoms with Crippen LogP contribution in [0.25, 0.3) is 0 Å². The van der Waals surface area contributed by atoms with E-state index in [1.54, 1.807) is 6.07 Å². The third-order valence-electron chi connectivity index (χ3n) is 3.79.